The number of rotatable bonds is 3. The quantitative estimate of drug-likeness (QED) is 0.872. The second kappa shape index (κ2) is 5.59. The van der Waals surface area contributed by atoms with Crippen LogP contribution in [0.2, 0.25) is 0 Å². The Kier molecular flexibility index (Phi) is 3.62. The maximum atomic E-state index is 12.5. The number of aromatic nitrogens is 2. The van der Waals surface area contributed by atoms with E-state index in [-0.39, 0.29) is 17.9 Å². The maximum Gasteiger partial charge on any atom is 0.247 e. The second-order valence-electron chi connectivity index (χ2n) is 5.35. The first kappa shape index (κ1) is 14.2. The third-order valence-electron chi connectivity index (χ3n) is 3.92. The third kappa shape index (κ3) is 2.45. The summed E-state index contributed by atoms with van der Waals surface area (Å²) >= 11 is 0. The van der Waals surface area contributed by atoms with E-state index in [1.807, 2.05) is 6.92 Å². The van der Waals surface area contributed by atoms with Gasteiger partial charge in [0.1, 0.15) is 17.1 Å². The Hall–Kier alpha value is -2.70. The van der Waals surface area contributed by atoms with Crippen molar-refractivity contribution in [2.75, 3.05) is 5.32 Å². The van der Waals surface area contributed by atoms with Crippen LogP contribution < -0.4 is 5.32 Å². The highest BCUT2D eigenvalue weighted by Gasteiger charge is 2.37. The van der Waals surface area contributed by atoms with Crippen LogP contribution in [0.3, 0.4) is 0 Å². The summed E-state index contributed by atoms with van der Waals surface area (Å²) in [5, 5.41) is 10.3. The Balaban J connectivity index is 1.78. The van der Waals surface area contributed by atoms with Gasteiger partial charge in [-0.3, -0.25) is 9.59 Å². The lowest BCUT2D eigenvalue weighted by Gasteiger charge is -2.26. The lowest BCUT2D eigenvalue weighted by atomic mass is 10.2. The van der Waals surface area contributed by atoms with E-state index in [4.69, 9.17) is 0 Å². The highest BCUT2D eigenvalue weighted by molar-refractivity contribution is 6.00. The minimum atomic E-state index is -0.480. The summed E-state index contributed by atoms with van der Waals surface area (Å²) in [6, 6.07) is 4.67. The number of likely N-dealkylation sites (tertiary alicyclic amines) is 1. The predicted molar refractivity (Wildman–Crippen MR) is 80.0 cm³/mol. The molecule has 2 aromatic rings. The largest absolute Gasteiger partial charge is 0.324 e. The number of carbonyl (C=O) groups is 2. The number of nitrogens with one attached hydrogen (secondary N) is 1. The number of fused-ring (bicyclic) bond motifs is 1. The molecule has 0 bridgehead atoms. The fraction of sp³-hybridized carbons (Fsp3) is 0.333. The van der Waals surface area contributed by atoms with E-state index < -0.39 is 6.04 Å². The molecule has 0 spiro atoms. The van der Waals surface area contributed by atoms with Crippen LogP contribution in [0.1, 0.15) is 19.8 Å². The summed E-state index contributed by atoms with van der Waals surface area (Å²) in [6.45, 7) is 5.43. The molecule has 3 rings (SSSR count). The molecule has 2 atom stereocenters. The first-order valence-corrected chi connectivity index (χ1v) is 7.08. The van der Waals surface area contributed by atoms with Gasteiger partial charge in [-0.2, -0.15) is 0 Å². The molecule has 2 amide bonds. The van der Waals surface area contributed by atoms with Crippen molar-refractivity contribution in [3.8, 4) is 0 Å². The monoisotopic (exact) mass is 300 g/mol. The van der Waals surface area contributed by atoms with Crippen LogP contribution in [-0.4, -0.2) is 39.1 Å². The average Bonchev–Trinajstić information content (AvgIpc) is 3.12. The molecule has 0 saturated carbocycles. The Morgan fingerprint density at radius 2 is 2.14 bits per heavy atom. The van der Waals surface area contributed by atoms with Crippen molar-refractivity contribution < 1.29 is 14.2 Å². The Morgan fingerprint density at radius 3 is 2.91 bits per heavy atom. The molecule has 22 heavy (non-hydrogen) atoms. The SMILES string of the molecule is C=CC(=O)N1[C@@H](C)CC[C@H]1C(=O)Nc1ccc2nonc2c1. The molecule has 0 aliphatic carbocycles. The van der Waals surface area contributed by atoms with Gasteiger partial charge in [0.2, 0.25) is 11.8 Å². The molecule has 7 heteroatoms. The molecule has 2 heterocycles. The molecule has 1 N–H and O–H groups in total. The summed E-state index contributed by atoms with van der Waals surface area (Å²) < 4.78 is 4.63. The first-order chi connectivity index (χ1) is 10.6. The number of benzene rings is 1. The van der Waals surface area contributed by atoms with Gasteiger partial charge in [-0.05, 0) is 54.4 Å². The van der Waals surface area contributed by atoms with Crippen LogP contribution in [0.4, 0.5) is 5.69 Å². The van der Waals surface area contributed by atoms with Crippen molar-refractivity contribution in [1.29, 1.82) is 0 Å². The van der Waals surface area contributed by atoms with E-state index in [9.17, 15) is 9.59 Å². The summed E-state index contributed by atoms with van der Waals surface area (Å²) in [5.41, 5.74) is 1.78. The molecule has 1 aromatic heterocycles. The van der Waals surface area contributed by atoms with Gasteiger partial charge >= 0.3 is 0 Å². The fourth-order valence-electron chi connectivity index (χ4n) is 2.80. The summed E-state index contributed by atoms with van der Waals surface area (Å²) in [6.07, 6.45) is 2.68. The van der Waals surface area contributed by atoms with Gasteiger partial charge in [0.25, 0.3) is 0 Å². The fourth-order valence-corrected chi connectivity index (χ4v) is 2.80. The van der Waals surface area contributed by atoms with Crippen LogP contribution in [0.5, 0.6) is 0 Å². The normalized spacial score (nSPS) is 21.0. The van der Waals surface area contributed by atoms with Crippen molar-refractivity contribution in [3.05, 3.63) is 30.9 Å². The van der Waals surface area contributed by atoms with Crippen molar-refractivity contribution in [2.45, 2.75) is 31.8 Å². The minimum Gasteiger partial charge on any atom is -0.324 e. The molecule has 1 saturated heterocycles. The molecular weight excluding hydrogens is 284 g/mol. The Morgan fingerprint density at radius 1 is 1.36 bits per heavy atom. The molecule has 114 valence electrons. The van der Waals surface area contributed by atoms with Gasteiger partial charge in [0.15, 0.2) is 0 Å². The lowest BCUT2D eigenvalue weighted by molar-refractivity contribution is -0.134. The zero-order valence-electron chi connectivity index (χ0n) is 12.2. The van der Waals surface area contributed by atoms with Crippen LogP contribution >= 0.6 is 0 Å². The van der Waals surface area contributed by atoms with E-state index in [0.29, 0.717) is 23.1 Å². The Labute approximate surface area is 126 Å². The standard InChI is InChI=1S/C15H16N4O3/c1-3-14(20)19-9(2)4-7-13(19)15(21)16-10-5-6-11-12(8-10)18-22-17-11/h3,5-6,8-9,13H,1,4,7H2,2H3,(H,16,21)/t9-,13-/m0/s1. The van der Waals surface area contributed by atoms with Crippen LogP contribution in [0.15, 0.2) is 35.5 Å². The number of amides is 2. The van der Waals surface area contributed by atoms with E-state index in [1.165, 1.54) is 6.08 Å². The smallest absolute Gasteiger partial charge is 0.247 e. The highest BCUT2D eigenvalue weighted by atomic mass is 16.6. The van der Waals surface area contributed by atoms with Crippen LogP contribution in [0, 0.1) is 0 Å². The summed E-state index contributed by atoms with van der Waals surface area (Å²) in [4.78, 5) is 26.0. The molecule has 0 unspecified atom stereocenters. The second-order valence-corrected chi connectivity index (χ2v) is 5.35. The van der Waals surface area contributed by atoms with Crippen molar-refractivity contribution >= 4 is 28.5 Å². The average molecular weight is 300 g/mol. The highest BCUT2D eigenvalue weighted by Crippen LogP contribution is 2.26. The minimum absolute atomic E-state index is 0.0310. The molecule has 1 aliphatic rings. The molecular formula is C15H16N4O3. The van der Waals surface area contributed by atoms with Gasteiger partial charge in [0.05, 0.1) is 0 Å². The topological polar surface area (TPSA) is 88.3 Å². The van der Waals surface area contributed by atoms with Gasteiger partial charge in [0, 0.05) is 11.7 Å². The number of hydrogen-bond donors (Lipinski definition) is 1. The van der Waals surface area contributed by atoms with Crippen molar-refractivity contribution in [1.82, 2.24) is 15.2 Å². The zero-order chi connectivity index (χ0) is 15.7. The zero-order valence-corrected chi connectivity index (χ0v) is 12.2. The summed E-state index contributed by atoms with van der Waals surface area (Å²) in [5.74, 6) is -0.434. The number of nitrogens with zero attached hydrogens (tertiary/aromatic N) is 3. The van der Waals surface area contributed by atoms with Crippen molar-refractivity contribution in [2.24, 2.45) is 0 Å². The molecule has 1 fully saturated rings. The van der Waals surface area contributed by atoms with Crippen molar-refractivity contribution in [3.63, 3.8) is 0 Å². The third-order valence-corrected chi connectivity index (χ3v) is 3.92. The summed E-state index contributed by atoms with van der Waals surface area (Å²) in [7, 11) is 0. The van der Waals surface area contributed by atoms with E-state index >= 15 is 0 Å². The van der Waals surface area contributed by atoms with Gasteiger partial charge in [-0.15, -0.1) is 0 Å². The van der Waals surface area contributed by atoms with E-state index in [2.05, 4.69) is 26.8 Å². The van der Waals surface area contributed by atoms with Gasteiger partial charge in [-0.1, -0.05) is 6.58 Å². The van der Waals surface area contributed by atoms with E-state index in [0.717, 1.165) is 6.42 Å². The first-order valence-electron chi connectivity index (χ1n) is 7.08. The number of hydrogen-bond acceptors (Lipinski definition) is 5. The van der Waals surface area contributed by atoms with Gasteiger partial charge in [-0.25, -0.2) is 4.63 Å². The molecule has 1 aliphatic heterocycles. The number of anilines is 1. The van der Waals surface area contributed by atoms with E-state index in [1.54, 1.807) is 23.1 Å². The maximum absolute atomic E-state index is 12.5. The predicted octanol–water partition coefficient (Wildman–Crippen LogP) is 1.73. The Bertz CT molecular complexity index is 739. The van der Waals surface area contributed by atoms with Crippen LogP contribution in [0.25, 0.3) is 11.0 Å². The molecule has 1 aromatic carbocycles. The molecule has 0 radical (unpaired) electrons. The molecule has 7 nitrogen and oxygen atoms in total. The number of carbonyl (C=O) groups excluding carboxylic acids is 2. The van der Waals surface area contributed by atoms with Crippen LogP contribution in [-0.2, 0) is 9.59 Å². The lowest BCUT2D eigenvalue weighted by Crippen LogP contribution is -2.45. The van der Waals surface area contributed by atoms with Gasteiger partial charge < -0.3 is 10.2 Å².